The molecule has 0 unspecified atom stereocenters. The molecular weight excluding hydrogens is 955 g/mol. The normalized spacial score (nSPS) is 14.2. The fraction of sp³-hybridized carbons (Fsp3) is 0.567. The van der Waals surface area contributed by atoms with Gasteiger partial charge >= 0.3 is 0 Å². The second kappa shape index (κ2) is 24.0. The summed E-state index contributed by atoms with van der Waals surface area (Å²) in [5, 5.41) is 6.42. The molecule has 2 N–H and O–H groups in total. The van der Waals surface area contributed by atoms with Crippen LogP contribution in [0.5, 0.6) is 0 Å². The summed E-state index contributed by atoms with van der Waals surface area (Å²) < 4.78 is 0. The molecule has 5 nitrogen and oxygen atoms in total. The first-order valence-electron chi connectivity index (χ1n) is 13.5. The third-order valence-corrected chi connectivity index (χ3v) is 5.93. The maximum absolute atomic E-state index is 10.0. The number of hydrogen-bond acceptors (Lipinski definition) is 6. The maximum atomic E-state index is 10.0. The van der Waals surface area contributed by atoms with Gasteiger partial charge in [-0.2, -0.15) is 6.92 Å². The third-order valence-electron chi connectivity index (χ3n) is 5.52. The van der Waals surface area contributed by atoms with Gasteiger partial charge in [-0.1, -0.05) is 60.6 Å². The summed E-state index contributed by atoms with van der Waals surface area (Å²) >= 11 is 4.32. The van der Waals surface area contributed by atoms with Crippen LogP contribution < -0.4 is 15.5 Å². The van der Waals surface area contributed by atoms with Crippen LogP contribution >= 0.6 is 12.6 Å². The van der Waals surface area contributed by atoms with E-state index in [0.717, 1.165) is 62.3 Å². The third kappa shape index (κ3) is 16.0. The number of dihydropyridines is 1. The second-order valence-corrected chi connectivity index (χ2v) is 9.33. The van der Waals surface area contributed by atoms with Crippen LogP contribution in [-0.4, -0.2) is 30.4 Å². The number of rotatable bonds is 7. The van der Waals surface area contributed by atoms with E-state index in [2.05, 4.69) is 73.5 Å². The molecule has 0 amide bonds. The van der Waals surface area contributed by atoms with Crippen LogP contribution in [0.15, 0.2) is 47.3 Å². The summed E-state index contributed by atoms with van der Waals surface area (Å²) in [5.74, 6) is 0.289. The number of Topliss-reactive ketones (excluding diaryl/α,β-unsaturated/α-hetero) is 1. The summed E-state index contributed by atoms with van der Waals surface area (Å²) in [6, 6.07) is 3.52. The fourth-order valence-electron chi connectivity index (χ4n) is 3.87. The van der Waals surface area contributed by atoms with E-state index >= 15 is 0 Å². The largest absolute Gasteiger partial charge is 0.464 e. The molecule has 3 heterocycles. The van der Waals surface area contributed by atoms with Crippen molar-refractivity contribution in [2.45, 2.75) is 93.9 Å². The van der Waals surface area contributed by atoms with Crippen LogP contribution in [0.3, 0.4) is 0 Å². The predicted octanol–water partition coefficient (Wildman–Crippen LogP) is 7.31. The van der Waals surface area contributed by atoms with E-state index in [-0.39, 0.29) is 35.0 Å². The smallest absolute Gasteiger partial charge is 0.129 e. The van der Waals surface area contributed by atoms with Gasteiger partial charge in [0.2, 0.25) is 0 Å². The molecule has 0 radical (unpaired) electrons. The first kappa shape index (κ1) is 40.4. The number of carbonyl (C=O) groups excluding carboxylic acids is 1. The van der Waals surface area contributed by atoms with Crippen LogP contribution in [0.2, 0.25) is 0 Å². The number of aryl methyl sites for hydroxylation is 1. The molecule has 2 aliphatic rings. The summed E-state index contributed by atoms with van der Waals surface area (Å²) in [4.78, 5) is 18.0. The van der Waals surface area contributed by atoms with Crippen LogP contribution in [-0.2, 0) is 11.2 Å². The first-order valence-corrected chi connectivity index (χ1v) is 14.0. The Morgan fingerprint density at radius 2 is 1.82 bits per heavy atom. The molecule has 2 aliphatic heterocycles. The van der Waals surface area contributed by atoms with Crippen molar-refractivity contribution in [3.8, 4) is 0 Å². The molecule has 0 aromatic carbocycles. The molecule has 1 aromatic rings. The number of carbonyl (C=O) groups is 1. The zero-order valence-electron chi connectivity index (χ0n) is 24.9. The Hall–Kier alpha value is -2.06. The number of piperazine rings is 1. The number of pyridine rings is 1. The zero-order valence-corrected chi connectivity index (χ0v) is 32.1. The van der Waals surface area contributed by atoms with Crippen molar-refractivity contribution in [2.24, 2.45) is 0 Å². The fourth-order valence-corrected chi connectivity index (χ4v) is 4.11. The molecule has 0 aliphatic carbocycles. The van der Waals surface area contributed by atoms with Crippen molar-refractivity contribution in [1.29, 1.82) is 0 Å². The number of anilines is 1. The summed E-state index contributed by atoms with van der Waals surface area (Å²) in [6.45, 7) is 23.2. The van der Waals surface area contributed by atoms with Crippen LogP contribution in [0.4, 0.5) is 5.69 Å². The molecule has 38 heavy (non-hydrogen) atoms. The van der Waals surface area contributed by atoms with Crippen molar-refractivity contribution >= 4 is 24.1 Å². The Bertz CT molecular complexity index is 861. The van der Waals surface area contributed by atoms with E-state index < -0.39 is 0 Å². The molecule has 0 saturated carbocycles. The van der Waals surface area contributed by atoms with Gasteiger partial charge in [-0.05, 0) is 62.9 Å². The Kier molecular flexibility index (Phi) is 25.5. The Labute approximate surface area is 255 Å². The SMILES string of the molecule is C=C1C=C(CCC)C(S)=CN1.CC.CCCC(C)=O.CCCc1c(N2CCN[C-](C)C2)ccnc1C.[Cm].[Pu]. The van der Waals surface area contributed by atoms with Crippen molar-refractivity contribution in [3.05, 3.63) is 64.6 Å². The molecule has 8 heteroatoms. The Morgan fingerprint density at radius 3 is 2.32 bits per heavy atom. The van der Waals surface area contributed by atoms with E-state index in [0.29, 0.717) is 0 Å². The molecule has 1 aromatic heterocycles. The topological polar surface area (TPSA) is 57.3 Å². The van der Waals surface area contributed by atoms with Crippen molar-refractivity contribution in [1.82, 2.24) is 15.6 Å². The van der Waals surface area contributed by atoms with Gasteiger partial charge in [0.15, 0.2) is 0 Å². The second-order valence-electron chi connectivity index (χ2n) is 8.84. The monoisotopic (exact) mass is 996 g/mol. The van der Waals surface area contributed by atoms with Gasteiger partial charge in [0.1, 0.15) is 5.78 Å². The number of aromatic nitrogens is 1. The minimum Gasteiger partial charge on any atom is -0.464 e. The van der Waals surface area contributed by atoms with Crippen molar-refractivity contribution in [3.63, 3.8) is 0 Å². The first-order chi connectivity index (χ1) is 17.2. The molecule has 0 spiro atoms. The maximum Gasteiger partial charge on any atom is 0.129 e. The molecule has 1 fully saturated rings. The molecular formula is C30H51CmN4OPuS-. The van der Waals surface area contributed by atoms with Gasteiger partial charge in [-0.15, -0.1) is 12.6 Å². The van der Waals surface area contributed by atoms with Gasteiger partial charge in [-0.3, -0.25) is 4.98 Å². The Balaban J connectivity index is -0.000000507. The van der Waals surface area contributed by atoms with Gasteiger partial charge in [0, 0.05) is 76.5 Å². The van der Waals surface area contributed by atoms with E-state index in [4.69, 9.17) is 0 Å². The van der Waals surface area contributed by atoms with Crippen molar-refractivity contribution in [2.75, 3.05) is 24.5 Å². The van der Waals surface area contributed by atoms with Gasteiger partial charge in [0.05, 0.1) is 0 Å². The number of nitrogens with one attached hydrogen (secondary N) is 2. The van der Waals surface area contributed by atoms with Crippen LogP contribution in [0, 0.1) is 42.1 Å². The quantitative estimate of drug-likeness (QED) is 0.198. The molecule has 0 bridgehead atoms. The van der Waals surface area contributed by atoms with Gasteiger partial charge < -0.3 is 20.3 Å². The average molecular weight is 1010 g/mol. The molecule has 218 valence electrons. The van der Waals surface area contributed by atoms with Gasteiger partial charge in [-0.25, -0.2) is 6.04 Å². The van der Waals surface area contributed by atoms with Gasteiger partial charge in [0.25, 0.3) is 0 Å². The minimum absolute atomic E-state index is 0. The van der Waals surface area contributed by atoms with Crippen LogP contribution in [0.25, 0.3) is 0 Å². The summed E-state index contributed by atoms with van der Waals surface area (Å²) in [5.41, 5.74) is 6.20. The summed E-state index contributed by atoms with van der Waals surface area (Å²) in [6.07, 6.45) is 12.1. The Morgan fingerprint density at radius 1 is 1.18 bits per heavy atom. The number of ketones is 1. The standard InChI is InChI=1S/C14H22N3.C9H13NS.C5H10O.C2H6.Cm.Pu/c1-4-5-13-12(3)16-7-6-14(13)17-9-8-15-11(2)10-17;1-3-4-8-5-7(2)10-6-9(8)11;1-3-4-5(2)6;1-2;;/h6-7,15H,4-5,8-10H2,1-3H3;5-6,10-11H,2-4H2,1H3;3-4H2,1-2H3;1-2H3;;/q-1;;;;;. The number of nitrogens with zero attached hydrogens (tertiary/aromatic N) is 2. The average Bonchev–Trinajstić information content (AvgIpc) is 2.85. The van der Waals surface area contributed by atoms with E-state index in [1.54, 1.807) is 6.92 Å². The summed E-state index contributed by atoms with van der Waals surface area (Å²) in [7, 11) is 0. The number of allylic oxidation sites excluding steroid dienone is 2. The van der Waals surface area contributed by atoms with E-state index in [1.165, 1.54) is 35.0 Å². The van der Waals surface area contributed by atoms with E-state index in [1.807, 2.05) is 39.2 Å². The number of thiol groups is 1. The number of hydrogen-bond donors (Lipinski definition) is 3. The van der Waals surface area contributed by atoms with Crippen molar-refractivity contribution < 1.29 is 34.0 Å². The zero-order chi connectivity index (χ0) is 27.5. The van der Waals surface area contributed by atoms with E-state index in [9.17, 15) is 4.79 Å². The molecule has 0 atom stereocenters. The molecule has 1 saturated heterocycles. The minimum atomic E-state index is 0. The molecule has 3 rings (SSSR count). The predicted molar refractivity (Wildman–Crippen MR) is 161 cm³/mol. The van der Waals surface area contributed by atoms with Crippen LogP contribution in [0.1, 0.15) is 91.8 Å².